The van der Waals surface area contributed by atoms with Crippen LogP contribution in [0.25, 0.3) is 0 Å². The molecule has 5 rings (SSSR count). The average Bonchev–Trinajstić information content (AvgIpc) is 2.69. The predicted molar refractivity (Wildman–Crippen MR) is 73.8 cm³/mol. The maximum atomic E-state index is 6.21. The first-order chi connectivity index (χ1) is 10.00. The first-order valence-electron chi connectivity index (χ1n) is 8.23. The normalized spacial score (nSPS) is 59.4. The maximum Gasteiger partial charge on any atom is 0.201 e. The lowest BCUT2D eigenvalue weighted by atomic mass is 9.58. The third-order valence-electron chi connectivity index (χ3n) is 6.33. The Hall–Kier alpha value is -0.200. The van der Waals surface area contributed by atoms with Gasteiger partial charge in [0.2, 0.25) is 5.79 Å². The number of hydrogen-bond acceptors (Lipinski definition) is 5. The lowest BCUT2D eigenvalue weighted by Gasteiger charge is -2.60. The van der Waals surface area contributed by atoms with Gasteiger partial charge < -0.3 is 14.2 Å². The standard InChI is InChI=1S/C16H26O5/c1-9-5-6-12-10(2)13(17-4)18-14-16(12)11(9)7-8-15(3,19-14)20-21-16/h9-14H,5-8H2,1-4H3/t9?,10-,11?,12?,13+,14?,15+,16?/m1/s1. The summed E-state index contributed by atoms with van der Waals surface area (Å²) in [5.74, 6) is 0.953. The molecule has 0 N–H and O–H groups in total. The van der Waals surface area contributed by atoms with E-state index in [0.717, 1.165) is 19.3 Å². The molecule has 5 heteroatoms. The highest BCUT2D eigenvalue weighted by molar-refractivity contribution is 5.08. The molecule has 8 atom stereocenters. The van der Waals surface area contributed by atoms with Gasteiger partial charge in [0.15, 0.2) is 18.2 Å². The Morgan fingerprint density at radius 3 is 2.62 bits per heavy atom. The van der Waals surface area contributed by atoms with Gasteiger partial charge in [-0.05, 0) is 38.0 Å². The van der Waals surface area contributed by atoms with E-state index in [2.05, 4.69) is 13.8 Å². The smallest absolute Gasteiger partial charge is 0.201 e. The fraction of sp³-hybridized carbons (Fsp3) is 1.00. The van der Waals surface area contributed by atoms with Gasteiger partial charge in [0.05, 0.1) is 0 Å². The van der Waals surface area contributed by atoms with Crippen LogP contribution >= 0.6 is 0 Å². The van der Waals surface area contributed by atoms with Gasteiger partial charge in [0.1, 0.15) is 0 Å². The number of methoxy groups -OCH3 is 1. The van der Waals surface area contributed by atoms with Crippen molar-refractivity contribution < 1.29 is 24.0 Å². The zero-order chi connectivity index (χ0) is 14.8. The van der Waals surface area contributed by atoms with Gasteiger partial charge in [-0.25, -0.2) is 9.78 Å². The van der Waals surface area contributed by atoms with E-state index in [1.54, 1.807) is 7.11 Å². The molecule has 5 unspecified atom stereocenters. The summed E-state index contributed by atoms with van der Waals surface area (Å²) in [7, 11) is 1.70. The Labute approximate surface area is 126 Å². The second-order valence-corrected chi connectivity index (χ2v) is 7.51. The lowest BCUT2D eigenvalue weighted by Crippen LogP contribution is -2.70. The molecule has 0 aromatic carbocycles. The van der Waals surface area contributed by atoms with Crippen molar-refractivity contribution >= 4 is 0 Å². The molecular formula is C16H26O5. The summed E-state index contributed by atoms with van der Waals surface area (Å²) in [4.78, 5) is 11.8. The van der Waals surface area contributed by atoms with E-state index in [4.69, 9.17) is 24.0 Å². The van der Waals surface area contributed by atoms with Crippen LogP contribution in [-0.2, 0) is 24.0 Å². The first kappa shape index (κ1) is 14.4. The third-order valence-corrected chi connectivity index (χ3v) is 6.33. The van der Waals surface area contributed by atoms with Crippen molar-refractivity contribution in [2.24, 2.45) is 23.7 Å². The van der Waals surface area contributed by atoms with Crippen LogP contribution in [-0.4, -0.2) is 31.1 Å². The minimum Gasteiger partial charge on any atom is -0.355 e. The van der Waals surface area contributed by atoms with Crippen LogP contribution in [0.1, 0.15) is 46.5 Å². The molecule has 1 spiro atoms. The second-order valence-electron chi connectivity index (χ2n) is 7.51. The SMILES string of the molecule is CO[C@H]1OC2O[C@]3(C)CCC4C(C)CCC([C@H]1C)C24OO3. The summed E-state index contributed by atoms with van der Waals surface area (Å²) >= 11 is 0. The molecule has 0 aromatic rings. The number of rotatable bonds is 1. The average molecular weight is 298 g/mol. The molecule has 4 heterocycles. The van der Waals surface area contributed by atoms with E-state index in [0.29, 0.717) is 17.8 Å². The summed E-state index contributed by atoms with van der Waals surface area (Å²) in [5.41, 5.74) is -0.470. The third kappa shape index (κ3) is 1.81. The molecule has 5 aliphatic rings. The Balaban J connectivity index is 1.79. The summed E-state index contributed by atoms with van der Waals surface area (Å²) in [6.45, 7) is 6.46. The fourth-order valence-corrected chi connectivity index (χ4v) is 5.14. The largest absolute Gasteiger partial charge is 0.355 e. The Morgan fingerprint density at radius 2 is 1.86 bits per heavy atom. The second kappa shape index (κ2) is 4.65. The van der Waals surface area contributed by atoms with Crippen LogP contribution in [0.4, 0.5) is 0 Å². The topological polar surface area (TPSA) is 46.2 Å². The van der Waals surface area contributed by atoms with E-state index < -0.39 is 17.7 Å². The van der Waals surface area contributed by atoms with E-state index in [1.807, 2.05) is 6.92 Å². The van der Waals surface area contributed by atoms with Crippen molar-refractivity contribution in [1.82, 2.24) is 0 Å². The monoisotopic (exact) mass is 298 g/mol. The van der Waals surface area contributed by atoms with Gasteiger partial charge >= 0.3 is 0 Å². The van der Waals surface area contributed by atoms with Crippen LogP contribution in [0, 0.1) is 23.7 Å². The molecule has 5 fully saturated rings. The van der Waals surface area contributed by atoms with Crippen molar-refractivity contribution in [1.29, 1.82) is 0 Å². The quantitative estimate of drug-likeness (QED) is 0.697. The molecule has 4 saturated heterocycles. The van der Waals surface area contributed by atoms with Gasteiger partial charge in [-0.3, -0.25) is 0 Å². The molecule has 0 radical (unpaired) electrons. The number of fused-ring (bicyclic) bond motifs is 2. The zero-order valence-corrected chi connectivity index (χ0v) is 13.3. The minimum atomic E-state index is -0.698. The van der Waals surface area contributed by atoms with Crippen molar-refractivity contribution in [3.63, 3.8) is 0 Å². The summed E-state index contributed by atoms with van der Waals surface area (Å²) in [6, 6.07) is 0. The van der Waals surface area contributed by atoms with Crippen LogP contribution in [0.2, 0.25) is 0 Å². The van der Waals surface area contributed by atoms with E-state index >= 15 is 0 Å². The molecule has 4 aliphatic heterocycles. The van der Waals surface area contributed by atoms with Gasteiger partial charge in [-0.15, -0.1) is 0 Å². The van der Waals surface area contributed by atoms with Gasteiger partial charge in [-0.1, -0.05) is 13.8 Å². The van der Waals surface area contributed by atoms with Crippen molar-refractivity contribution in [2.45, 2.75) is 70.4 Å². The highest BCUT2D eigenvalue weighted by Crippen LogP contribution is 2.60. The van der Waals surface area contributed by atoms with Crippen LogP contribution in [0.5, 0.6) is 0 Å². The van der Waals surface area contributed by atoms with Gasteiger partial charge in [0, 0.05) is 25.4 Å². The molecule has 120 valence electrons. The molecule has 5 nitrogen and oxygen atoms in total. The Kier molecular flexibility index (Phi) is 3.19. The van der Waals surface area contributed by atoms with Crippen molar-refractivity contribution in [2.75, 3.05) is 7.11 Å². The molecule has 1 saturated carbocycles. The van der Waals surface area contributed by atoms with Gasteiger partial charge in [0.25, 0.3) is 0 Å². The Bertz CT molecular complexity index is 429. The molecular weight excluding hydrogens is 272 g/mol. The number of hydrogen-bond donors (Lipinski definition) is 0. The highest BCUT2D eigenvalue weighted by Gasteiger charge is 2.69. The number of ether oxygens (including phenoxy) is 3. The molecule has 0 amide bonds. The van der Waals surface area contributed by atoms with Crippen LogP contribution in [0.3, 0.4) is 0 Å². The summed E-state index contributed by atoms with van der Waals surface area (Å²) < 4.78 is 17.9. The fourth-order valence-electron chi connectivity index (χ4n) is 5.14. The molecule has 2 bridgehead atoms. The zero-order valence-electron chi connectivity index (χ0n) is 13.3. The minimum absolute atomic E-state index is 0.230. The maximum absolute atomic E-state index is 6.21. The Morgan fingerprint density at radius 1 is 1.05 bits per heavy atom. The van der Waals surface area contributed by atoms with Gasteiger partial charge in [-0.2, -0.15) is 0 Å². The van der Waals surface area contributed by atoms with Crippen LogP contribution in [0.15, 0.2) is 0 Å². The van der Waals surface area contributed by atoms with E-state index in [1.165, 1.54) is 6.42 Å². The molecule has 21 heavy (non-hydrogen) atoms. The van der Waals surface area contributed by atoms with E-state index in [-0.39, 0.29) is 12.2 Å². The predicted octanol–water partition coefficient (Wildman–Crippen LogP) is 2.84. The molecule has 1 aliphatic carbocycles. The summed E-state index contributed by atoms with van der Waals surface area (Å²) in [6.07, 6.45) is 3.64. The lowest BCUT2D eigenvalue weighted by molar-refractivity contribution is -0.577. The van der Waals surface area contributed by atoms with Crippen LogP contribution < -0.4 is 0 Å². The first-order valence-corrected chi connectivity index (χ1v) is 8.23. The molecule has 0 aromatic heterocycles. The van der Waals surface area contributed by atoms with Crippen molar-refractivity contribution in [3.8, 4) is 0 Å². The summed E-state index contributed by atoms with van der Waals surface area (Å²) in [5, 5.41) is 0. The van der Waals surface area contributed by atoms with Crippen molar-refractivity contribution in [3.05, 3.63) is 0 Å². The highest BCUT2D eigenvalue weighted by atomic mass is 17.3. The van der Waals surface area contributed by atoms with E-state index in [9.17, 15) is 0 Å².